The van der Waals surface area contributed by atoms with Gasteiger partial charge in [0, 0.05) is 18.0 Å². The lowest BCUT2D eigenvalue weighted by Crippen LogP contribution is -2.43. The van der Waals surface area contributed by atoms with Gasteiger partial charge >= 0.3 is 0 Å². The van der Waals surface area contributed by atoms with E-state index in [9.17, 15) is 10.2 Å². The fourth-order valence-electron chi connectivity index (χ4n) is 2.33. The SMILES string of the molecule is CCCCN(CCCC)CC1=CC=CC(C)C1(O)O. The van der Waals surface area contributed by atoms with Crippen molar-refractivity contribution in [1.82, 2.24) is 4.90 Å². The molecular weight excluding hydrogens is 238 g/mol. The molecule has 1 rings (SSSR count). The minimum atomic E-state index is -1.69. The molecule has 19 heavy (non-hydrogen) atoms. The summed E-state index contributed by atoms with van der Waals surface area (Å²) in [5.74, 6) is -1.93. The maximum absolute atomic E-state index is 10.2. The lowest BCUT2D eigenvalue weighted by atomic mass is 9.88. The van der Waals surface area contributed by atoms with Gasteiger partial charge in [-0.1, -0.05) is 51.8 Å². The average molecular weight is 267 g/mol. The summed E-state index contributed by atoms with van der Waals surface area (Å²) >= 11 is 0. The van der Waals surface area contributed by atoms with Crippen molar-refractivity contribution in [1.29, 1.82) is 0 Å². The molecule has 1 aliphatic rings. The van der Waals surface area contributed by atoms with Gasteiger partial charge in [0.25, 0.3) is 0 Å². The molecule has 0 radical (unpaired) electrons. The van der Waals surface area contributed by atoms with Crippen LogP contribution in [0.3, 0.4) is 0 Å². The highest BCUT2D eigenvalue weighted by Crippen LogP contribution is 2.28. The Balaban J connectivity index is 2.66. The van der Waals surface area contributed by atoms with E-state index >= 15 is 0 Å². The Morgan fingerprint density at radius 1 is 1.16 bits per heavy atom. The predicted molar refractivity (Wildman–Crippen MR) is 79.8 cm³/mol. The van der Waals surface area contributed by atoms with Gasteiger partial charge in [-0.05, 0) is 25.9 Å². The Morgan fingerprint density at radius 2 is 1.74 bits per heavy atom. The van der Waals surface area contributed by atoms with Gasteiger partial charge in [-0.15, -0.1) is 0 Å². The minimum Gasteiger partial charge on any atom is -0.362 e. The van der Waals surface area contributed by atoms with Crippen LogP contribution in [0.15, 0.2) is 23.8 Å². The molecule has 0 saturated carbocycles. The van der Waals surface area contributed by atoms with E-state index in [1.54, 1.807) is 0 Å². The van der Waals surface area contributed by atoms with E-state index in [-0.39, 0.29) is 5.92 Å². The highest BCUT2D eigenvalue weighted by molar-refractivity contribution is 5.28. The Kier molecular flexibility index (Phi) is 6.76. The van der Waals surface area contributed by atoms with Gasteiger partial charge in [0.2, 0.25) is 0 Å². The molecule has 1 unspecified atom stereocenters. The summed E-state index contributed by atoms with van der Waals surface area (Å²) in [6.45, 7) is 8.92. The van der Waals surface area contributed by atoms with Crippen LogP contribution in [0.1, 0.15) is 46.5 Å². The summed E-state index contributed by atoms with van der Waals surface area (Å²) in [5, 5.41) is 20.4. The van der Waals surface area contributed by atoms with Crippen LogP contribution in [0.5, 0.6) is 0 Å². The molecule has 1 atom stereocenters. The first-order chi connectivity index (χ1) is 9.02. The van der Waals surface area contributed by atoms with Crippen LogP contribution < -0.4 is 0 Å². The highest BCUT2D eigenvalue weighted by Gasteiger charge is 2.35. The van der Waals surface area contributed by atoms with Crippen molar-refractivity contribution in [3.8, 4) is 0 Å². The quantitative estimate of drug-likeness (QED) is 0.665. The van der Waals surface area contributed by atoms with Crippen molar-refractivity contribution in [3.05, 3.63) is 23.8 Å². The molecule has 0 spiro atoms. The van der Waals surface area contributed by atoms with Crippen molar-refractivity contribution in [2.45, 2.75) is 52.2 Å². The van der Waals surface area contributed by atoms with Crippen molar-refractivity contribution in [2.24, 2.45) is 5.92 Å². The van der Waals surface area contributed by atoms with Gasteiger partial charge in [-0.25, -0.2) is 0 Å². The zero-order chi connectivity index (χ0) is 14.3. The molecule has 0 aromatic rings. The Labute approximate surface area is 117 Å². The molecule has 110 valence electrons. The Bertz CT molecular complexity index is 313. The number of nitrogens with zero attached hydrogens (tertiary/aromatic N) is 1. The molecule has 0 amide bonds. The number of aliphatic hydroxyl groups is 2. The van der Waals surface area contributed by atoms with E-state index in [2.05, 4.69) is 18.7 Å². The van der Waals surface area contributed by atoms with E-state index in [1.165, 1.54) is 12.8 Å². The van der Waals surface area contributed by atoms with Gasteiger partial charge in [0.15, 0.2) is 5.79 Å². The molecule has 0 aromatic carbocycles. The number of unbranched alkanes of at least 4 members (excludes halogenated alkanes) is 2. The number of hydrogen-bond acceptors (Lipinski definition) is 3. The maximum atomic E-state index is 10.2. The summed E-state index contributed by atoms with van der Waals surface area (Å²) < 4.78 is 0. The summed E-state index contributed by atoms with van der Waals surface area (Å²) in [4.78, 5) is 2.34. The van der Waals surface area contributed by atoms with Gasteiger partial charge in [0.05, 0.1) is 0 Å². The smallest absolute Gasteiger partial charge is 0.193 e. The van der Waals surface area contributed by atoms with E-state index in [4.69, 9.17) is 0 Å². The van der Waals surface area contributed by atoms with Gasteiger partial charge in [-0.2, -0.15) is 0 Å². The van der Waals surface area contributed by atoms with Crippen LogP contribution in [-0.4, -0.2) is 40.5 Å². The maximum Gasteiger partial charge on any atom is 0.193 e. The molecule has 0 heterocycles. The van der Waals surface area contributed by atoms with Gasteiger partial charge in [-0.3, -0.25) is 4.90 Å². The zero-order valence-corrected chi connectivity index (χ0v) is 12.6. The van der Waals surface area contributed by atoms with Crippen molar-refractivity contribution >= 4 is 0 Å². The van der Waals surface area contributed by atoms with E-state index in [0.717, 1.165) is 31.5 Å². The van der Waals surface area contributed by atoms with Crippen LogP contribution in [0, 0.1) is 5.92 Å². The van der Waals surface area contributed by atoms with E-state index < -0.39 is 5.79 Å². The third-order valence-electron chi connectivity index (χ3n) is 3.85. The largest absolute Gasteiger partial charge is 0.362 e. The molecule has 0 aromatic heterocycles. The first-order valence-corrected chi connectivity index (χ1v) is 7.57. The summed E-state index contributed by atoms with van der Waals surface area (Å²) in [6, 6.07) is 0. The lowest BCUT2D eigenvalue weighted by molar-refractivity contribution is -0.156. The summed E-state index contributed by atoms with van der Waals surface area (Å²) in [6.07, 6.45) is 10.3. The zero-order valence-electron chi connectivity index (χ0n) is 12.6. The fourth-order valence-corrected chi connectivity index (χ4v) is 2.33. The number of hydrogen-bond donors (Lipinski definition) is 2. The summed E-state index contributed by atoms with van der Waals surface area (Å²) in [7, 11) is 0. The third-order valence-corrected chi connectivity index (χ3v) is 3.85. The predicted octanol–water partition coefficient (Wildman–Crippen LogP) is 2.70. The Morgan fingerprint density at radius 3 is 2.26 bits per heavy atom. The molecule has 0 bridgehead atoms. The monoisotopic (exact) mass is 267 g/mol. The second-order valence-corrected chi connectivity index (χ2v) is 5.57. The first kappa shape index (κ1) is 16.4. The highest BCUT2D eigenvalue weighted by atomic mass is 16.5. The number of allylic oxidation sites excluding steroid dienone is 2. The van der Waals surface area contributed by atoms with E-state index in [0.29, 0.717) is 6.54 Å². The van der Waals surface area contributed by atoms with Crippen LogP contribution in [0.2, 0.25) is 0 Å². The molecule has 0 aliphatic heterocycles. The lowest BCUT2D eigenvalue weighted by Gasteiger charge is -2.34. The fraction of sp³-hybridized carbons (Fsp3) is 0.750. The van der Waals surface area contributed by atoms with Gasteiger partial charge in [0.1, 0.15) is 0 Å². The van der Waals surface area contributed by atoms with Crippen LogP contribution >= 0.6 is 0 Å². The van der Waals surface area contributed by atoms with Crippen molar-refractivity contribution < 1.29 is 10.2 Å². The second kappa shape index (κ2) is 7.83. The van der Waals surface area contributed by atoms with Gasteiger partial charge < -0.3 is 10.2 Å². The molecule has 0 saturated heterocycles. The normalized spacial score (nSPS) is 21.8. The molecule has 0 fully saturated rings. The second-order valence-electron chi connectivity index (χ2n) is 5.57. The first-order valence-electron chi connectivity index (χ1n) is 7.57. The molecule has 2 N–H and O–H groups in total. The Hall–Kier alpha value is -0.640. The standard InChI is InChI=1S/C16H29NO2/c1-4-6-11-17(12-7-5-2)13-15-10-8-9-14(3)16(15,18)19/h8-10,14,18-19H,4-7,11-13H2,1-3H3. The molecular formula is C16H29NO2. The minimum absolute atomic E-state index is 0.244. The van der Waals surface area contributed by atoms with Crippen molar-refractivity contribution in [3.63, 3.8) is 0 Å². The summed E-state index contributed by atoms with van der Waals surface area (Å²) in [5.41, 5.74) is 0.717. The molecule has 3 heteroatoms. The third kappa shape index (κ3) is 4.75. The van der Waals surface area contributed by atoms with Crippen molar-refractivity contribution in [2.75, 3.05) is 19.6 Å². The van der Waals surface area contributed by atoms with Crippen LogP contribution in [-0.2, 0) is 0 Å². The molecule has 1 aliphatic carbocycles. The van der Waals surface area contributed by atoms with E-state index in [1.807, 2.05) is 25.2 Å². The number of rotatable bonds is 8. The van der Waals surface area contributed by atoms with Crippen LogP contribution in [0.25, 0.3) is 0 Å². The van der Waals surface area contributed by atoms with Crippen LogP contribution in [0.4, 0.5) is 0 Å². The topological polar surface area (TPSA) is 43.7 Å². The average Bonchev–Trinajstić information content (AvgIpc) is 2.38. The molecule has 3 nitrogen and oxygen atoms in total.